The summed E-state index contributed by atoms with van der Waals surface area (Å²) in [7, 11) is 0.714. The summed E-state index contributed by atoms with van der Waals surface area (Å²) in [5, 5.41) is 7.23. The number of amides is 1. The van der Waals surface area contributed by atoms with Crippen molar-refractivity contribution in [3.8, 4) is 5.75 Å². The molecule has 0 aliphatic rings. The van der Waals surface area contributed by atoms with E-state index in [1.165, 1.54) is 20.3 Å². The van der Waals surface area contributed by atoms with Crippen molar-refractivity contribution in [2.45, 2.75) is 84.7 Å². The number of hydrogen-bond donors (Lipinski definition) is 1. The summed E-state index contributed by atoms with van der Waals surface area (Å²) >= 11 is 6.24. The second-order valence-electron chi connectivity index (χ2n) is 11.8. The van der Waals surface area contributed by atoms with Gasteiger partial charge in [0.2, 0.25) is 5.91 Å². The number of methoxy groups -OCH3 is 2. The first-order valence-electron chi connectivity index (χ1n) is 13.8. The number of rotatable bonds is 13. The Hall–Kier alpha value is -2.88. The van der Waals surface area contributed by atoms with Crippen LogP contribution in [0.15, 0.2) is 41.0 Å². The summed E-state index contributed by atoms with van der Waals surface area (Å²) < 4.78 is 22.2. The lowest BCUT2D eigenvalue weighted by molar-refractivity contribution is -0.144. The molecule has 41 heavy (non-hydrogen) atoms. The van der Waals surface area contributed by atoms with Gasteiger partial charge in [0.15, 0.2) is 8.32 Å². The third kappa shape index (κ3) is 9.86. The number of aryl methyl sites for hydroxylation is 2. The van der Waals surface area contributed by atoms with E-state index in [1.54, 1.807) is 24.3 Å². The zero-order valence-electron chi connectivity index (χ0n) is 26.0. The van der Waals surface area contributed by atoms with Gasteiger partial charge in [-0.1, -0.05) is 68.7 Å². The molecule has 2 aromatic rings. The predicted octanol–water partition coefficient (Wildman–Crippen LogP) is 6.84. The number of esters is 1. The molecule has 226 valence electrons. The van der Waals surface area contributed by atoms with E-state index in [-0.39, 0.29) is 23.5 Å². The van der Waals surface area contributed by atoms with E-state index in [4.69, 9.17) is 30.0 Å². The minimum atomic E-state index is -2.11. The third-order valence-corrected chi connectivity index (χ3v) is 12.4. The first kappa shape index (κ1) is 34.3. The second kappa shape index (κ2) is 14.8. The van der Waals surface area contributed by atoms with Gasteiger partial charge in [-0.25, -0.2) is 4.79 Å². The summed E-state index contributed by atoms with van der Waals surface area (Å²) in [6.45, 7) is 16.9. The monoisotopic (exact) mass is 604 g/mol. The van der Waals surface area contributed by atoms with Crippen LogP contribution < -0.4 is 10.1 Å². The molecule has 1 N–H and O–H groups in total. The van der Waals surface area contributed by atoms with Gasteiger partial charge in [0.1, 0.15) is 17.6 Å². The molecule has 1 heterocycles. The largest absolute Gasteiger partial charge is 0.495 e. The minimum Gasteiger partial charge on any atom is -0.495 e. The van der Waals surface area contributed by atoms with Crippen molar-refractivity contribution < 1.29 is 28.0 Å². The van der Waals surface area contributed by atoms with Crippen LogP contribution >= 0.6 is 11.6 Å². The summed E-state index contributed by atoms with van der Waals surface area (Å²) in [6, 6.07) is 4.34. The molecule has 1 aromatic carbocycles. The molecule has 1 aromatic heterocycles. The third-order valence-electron chi connectivity index (χ3n) is 7.59. The maximum absolute atomic E-state index is 12.9. The van der Waals surface area contributed by atoms with Crippen molar-refractivity contribution in [1.29, 1.82) is 0 Å². The Bertz CT molecular complexity index is 1230. The van der Waals surface area contributed by atoms with E-state index in [0.29, 0.717) is 17.2 Å². The van der Waals surface area contributed by atoms with Crippen molar-refractivity contribution in [1.82, 2.24) is 10.5 Å². The van der Waals surface area contributed by atoms with Gasteiger partial charge in [-0.3, -0.25) is 4.79 Å². The average molecular weight is 605 g/mol. The average Bonchev–Trinajstić information content (AvgIpc) is 3.21. The number of ether oxygens (including phenoxy) is 2. The highest BCUT2D eigenvalue weighted by molar-refractivity contribution is 6.74. The number of carbonyl (C=O) groups is 2. The van der Waals surface area contributed by atoms with Crippen LogP contribution in [0.25, 0.3) is 6.08 Å². The van der Waals surface area contributed by atoms with Gasteiger partial charge >= 0.3 is 5.97 Å². The normalized spacial score (nSPS) is 14.7. The lowest BCUT2D eigenvalue weighted by Gasteiger charge is -2.40. The van der Waals surface area contributed by atoms with E-state index in [0.717, 1.165) is 22.6 Å². The fourth-order valence-corrected chi connectivity index (χ4v) is 5.66. The fraction of sp³-hybridized carbons (Fsp3) is 0.516. The molecule has 10 heteroatoms. The maximum atomic E-state index is 12.9. The number of nitrogens with one attached hydrogen (secondary N) is 1. The molecule has 0 aliphatic carbocycles. The smallest absolute Gasteiger partial charge is 0.328 e. The zero-order valence-corrected chi connectivity index (χ0v) is 27.7. The molecule has 1 amide bonds. The van der Waals surface area contributed by atoms with Crippen LogP contribution in [-0.4, -0.2) is 51.7 Å². The molecular formula is C31H45ClN2O6Si. The Morgan fingerprint density at radius 1 is 1.20 bits per heavy atom. The van der Waals surface area contributed by atoms with Gasteiger partial charge in [0.25, 0.3) is 0 Å². The van der Waals surface area contributed by atoms with Crippen molar-refractivity contribution in [2.24, 2.45) is 5.92 Å². The van der Waals surface area contributed by atoms with Gasteiger partial charge in [0.05, 0.1) is 31.0 Å². The van der Waals surface area contributed by atoms with E-state index in [9.17, 15) is 9.59 Å². The standard InChI is InChI=1S/C31H45ClN2O6Si/c1-20(14-16-24-21(2)34-39-22(24)3)27(40-41(9,10)31(4,5)6)12-11-13-29(35)33-26(30(36)38-8)19-23-15-17-28(37-7)25(32)18-23/h11,13-18,20,26-27H,12,19H2,1-10H3,(H,33,35)/b13-11+,16-14+/t20-,26-,27+/m1/s1. The Morgan fingerprint density at radius 2 is 1.88 bits per heavy atom. The molecule has 2 rings (SSSR count). The highest BCUT2D eigenvalue weighted by atomic mass is 35.5. The molecule has 0 radical (unpaired) electrons. The van der Waals surface area contributed by atoms with E-state index in [1.807, 2.05) is 19.9 Å². The van der Waals surface area contributed by atoms with Gasteiger partial charge in [0, 0.05) is 12.0 Å². The molecule has 0 spiro atoms. The van der Waals surface area contributed by atoms with Gasteiger partial charge < -0.3 is 23.7 Å². The molecule has 3 atom stereocenters. The van der Waals surface area contributed by atoms with Crippen LogP contribution in [0.2, 0.25) is 23.2 Å². The first-order chi connectivity index (χ1) is 19.1. The highest BCUT2D eigenvalue weighted by Gasteiger charge is 2.39. The maximum Gasteiger partial charge on any atom is 0.328 e. The fourth-order valence-electron chi connectivity index (χ4n) is 3.96. The van der Waals surface area contributed by atoms with Crippen LogP contribution in [0.5, 0.6) is 5.75 Å². The molecule has 0 saturated heterocycles. The SMILES string of the molecule is COC(=O)[C@@H](Cc1ccc(OC)c(Cl)c1)NC(=O)/C=C/C[C@H](O[Si](C)(C)C(C)(C)C)[C@H](C)/C=C/c1c(C)noc1C. The lowest BCUT2D eigenvalue weighted by Crippen LogP contribution is -2.45. The number of benzene rings is 1. The molecule has 0 saturated carbocycles. The molecule has 8 nitrogen and oxygen atoms in total. The minimum absolute atomic E-state index is 0.0233. The van der Waals surface area contributed by atoms with Crippen LogP contribution in [-0.2, 0) is 25.2 Å². The Balaban J connectivity index is 2.18. The van der Waals surface area contributed by atoms with Crippen LogP contribution in [0.3, 0.4) is 0 Å². The Kier molecular flexibility index (Phi) is 12.4. The van der Waals surface area contributed by atoms with Gasteiger partial charge in [-0.15, -0.1) is 0 Å². The molecule has 0 fully saturated rings. The van der Waals surface area contributed by atoms with Crippen LogP contribution in [0, 0.1) is 19.8 Å². The number of aromatic nitrogens is 1. The number of carbonyl (C=O) groups excluding carboxylic acids is 2. The summed E-state index contributed by atoms with van der Waals surface area (Å²) in [5.41, 5.74) is 2.56. The second-order valence-corrected chi connectivity index (χ2v) is 16.9. The van der Waals surface area contributed by atoms with Crippen LogP contribution in [0.4, 0.5) is 0 Å². The number of hydrogen-bond acceptors (Lipinski definition) is 7. The summed E-state index contributed by atoms with van der Waals surface area (Å²) in [6.07, 6.45) is 7.95. The number of halogens is 1. The molecule has 0 bridgehead atoms. The highest BCUT2D eigenvalue weighted by Crippen LogP contribution is 2.38. The number of nitrogens with zero attached hydrogens (tertiary/aromatic N) is 1. The summed E-state index contributed by atoms with van der Waals surface area (Å²) in [4.78, 5) is 25.3. The molecular weight excluding hydrogens is 560 g/mol. The Labute approximate surface area is 250 Å². The van der Waals surface area contributed by atoms with E-state index < -0.39 is 26.2 Å². The molecule has 0 aliphatic heterocycles. The lowest BCUT2D eigenvalue weighted by atomic mass is 9.99. The van der Waals surface area contributed by atoms with E-state index in [2.05, 4.69) is 57.3 Å². The predicted molar refractivity (Wildman–Crippen MR) is 166 cm³/mol. The molecule has 0 unspecified atom stereocenters. The van der Waals surface area contributed by atoms with Crippen molar-refractivity contribution >= 4 is 37.9 Å². The zero-order chi connectivity index (χ0) is 31.0. The van der Waals surface area contributed by atoms with Gasteiger partial charge in [-0.05, 0) is 68.1 Å². The Morgan fingerprint density at radius 3 is 2.41 bits per heavy atom. The summed E-state index contributed by atoms with van der Waals surface area (Å²) in [5.74, 6) is 0.401. The quantitative estimate of drug-likeness (QED) is 0.152. The van der Waals surface area contributed by atoms with Crippen molar-refractivity contribution in [3.63, 3.8) is 0 Å². The van der Waals surface area contributed by atoms with Crippen LogP contribution in [0.1, 0.15) is 56.7 Å². The van der Waals surface area contributed by atoms with E-state index >= 15 is 0 Å². The first-order valence-corrected chi connectivity index (χ1v) is 17.0. The van der Waals surface area contributed by atoms with Gasteiger partial charge in [-0.2, -0.15) is 0 Å². The topological polar surface area (TPSA) is 99.9 Å². The van der Waals surface area contributed by atoms with Crippen molar-refractivity contribution in [2.75, 3.05) is 14.2 Å². The van der Waals surface area contributed by atoms with Crippen molar-refractivity contribution in [3.05, 3.63) is 64.0 Å².